The monoisotopic (exact) mass is 278 g/mol. The summed E-state index contributed by atoms with van der Waals surface area (Å²) in [6, 6.07) is 9.85. The summed E-state index contributed by atoms with van der Waals surface area (Å²) in [6.45, 7) is 6.48. The van der Waals surface area contributed by atoms with E-state index in [1.165, 1.54) is 5.56 Å². The molecular formula is C16H26N2O2. The molecule has 1 aromatic carbocycles. The fourth-order valence-corrected chi connectivity index (χ4v) is 2.86. The molecule has 1 aromatic rings. The quantitative estimate of drug-likeness (QED) is 0.844. The van der Waals surface area contributed by atoms with Gasteiger partial charge in [-0.05, 0) is 25.8 Å². The van der Waals surface area contributed by atoms with Crippen molar-refractivity contribution < 1.29 is 9.84 Å². The number of ether oxygens (including phenoxy) is 1. The zero-order valence-corrected chi connectivity index (χ0v) is 12.4. The summed E-state index contributed by atoms with van der Waals surface area (Å²) in [6.07, 6.45) is 0.637. The lowest BCUT2D eigenvalue weighted by molar-refractivity contribution is -0.0778. The average molecular weight is 278 g/mol. The van der Waals surface area contributed by atoms with E-state index in [0.717, 1.165) is 13.1 Å². The van der Waals surface area contributed by atoms with Crippen molar-refractivity contribution in [1.82, 2.24) is 4.90 Å². The van der Waals surface area contributed by atoms with Gasteiger partial charge in [0.15, 0.2) is 0 Å². The van der Waals surface area contributed by atoms with Gasteiger partial charge in [0.05, 0.1) is 18.3 Å². The summed E-state index contributed by atoms with van der Waals surface area (Å²) in [7, 11) is 0. The van der Waals surface area contributed by atoms with E-state index in [9.17, 15) is 5.11 Å². The van der Waals surface area contributed by atoms with E-state index in [2.05, 4.69) is 18.7 Å². The first-order valence-corrected chi connectivity index (χ1v) is 7.40. The van der Waals surface area contributed by atoms with Crippen molar-refractivity contribution in [2.24, 2.45) is 5.73 Å². The standard InChI is InChI=1S/C16H26N2O2/c1-12-9-18(10-13(2)20-12)11-16(19)15(17)8-14-6-4-3-5-7-14/h3-7,12-13,15-16,19H,8-11,17H2,1-2H3. The Bertz CT molecular complexity index is 389. The largest absolute Gasteiger partial charge is 0.390 e. The Labute approximate surface area is 121 Å². The van der Waals surface area contributed by atoms with E-state index in [0.29, 0.717) is 13.0 Å². The normalized spacial score (nSPS) is 27.2. The van der Waals surface area contributed by atoms with Crippen LogP contribution in [0.25, 0.3) is 0 Å². The van der Waals surface area contributed by atoms with E-state index >= 15 is 0 Å². The van der Waals surface area contributed by atoms with Gasteiger partial charge in [0.25, 0.3) is 0 Å². The average Bonchev–Trinajstić information content (AvgIpc) is 2.38. The number of nitrogens with zero attached hydrogens (tertiary/aromatic N) is 1. The first-order valence-electron chi connectivity index (χ1n) is 7.40. The second kappa shape index (κ2) is 7.18. The predicted octanol–water partition coefficient (Wildman–Crippen LogP) is 1.03. The van der Waals surface area contributed by atoms with Crippen LogP contribution in [-0.4, -0.2) is 54.0 Å². The summed E-state index contributed by atoms with van der Waals surface area (Å²) < 4.78 is 5.70. The van der Waals surface area contributed by atoms with Gasteiger partial charge in [-0.25, -0.2) is 0 Å². The van der Waals surface area contributed by atoms with Gasteiger partial charge >= 0.3 is 0 Å². The molecule has 4 atom stereocenters. The summed E-state index contributed by atoms with van der Waals surface area (Å²) in [5, 5.41) is 10.3. The van der Waals surface area contributed by atoms with E-state index in [4.69, 9.17) is 10.5 Å². The Kier molecular flexibility index (Phi) is 5.54. The molecule has 0 amide bonds. The van der Waals surface area contributed by atoms with Crippen LogP contribution < -0.4 is 5.73 Å². The molecule has 1 fully saturated rings. The van der Waals surface area contributed by atoms with Gasteiger partial charge < -0.3 is 15.6 Å². The van der Waals surface area contributed by atoms with Crippen LogP contribution in [0.4, 0.5) is 0 Å². The Morgan fingerprint density at radius 1 is 1.25 bits per heavy atom. The molecule has 4 nitrogen and oxygen atoms in total. The van der Waals surface area contributed by atoms with Crippen LogP contribution in [0.15, 0.2) is 30.3 Å². The van der Waals surface area contributed by atoms with Crippen LogP contribution in [0.5, 0.6) is 0 Å². The van der Waals surface area contributed by atoms with Gasteiger partial charge in [0, 0.05) is 25.7 Å². The molecule has 1 saturated heterocycles. The number of nitrogens with two attached hydrogens (primary N) is 1. The summed E-state index contributed by atoms with van der Waals surface area (Å²) in [5.74, 6) is 0. The van der Waals surface area contributed by atoms with Crippen LogP contribution in [0.2, 0.25) is 0 Å². The Hall–Kier alpha value is -0.940. The van der Waals surface area contributed by atoms with E-state index in [1.54, 1.807) is 0 Å². The van der Waals surface area contributed by atoms with Crippen LogP contribution >= 0.6 is 0 Å². The van der Waals surface area contributed by atoms with Crippen molar-refractivity contribution in [2.45, 2.75) is 44.6 Å². The molecule has 1 aliphatic heterocycles. The summed E-state index contributed by atoms with van der Waals surface area (Å²) in [4.78, 5) is 2.24. The number of aliphatic hydroxyl groups excluding tert-OH is 1. The number of rotatable bonds is 5. The maximum Gasteiger partial charge on any atom is 0.0821 e. The van der Waals surface area contributed by atoms with Gasteiger partial charge in [-0.3, -0.25) is 4.90 Å². The first kappa shape index (κ1) is 15.4. The van der Waals surface area contributed by atoms with Gasteiger partial charge in [-0.1, -0.05) is 30.3 Å². The fraction of sp³-hybridized carbons (Fsp3) is 0.625. The molecule has 1 aliphatic rings. The molecule has 112 valence electrons. The molecule has 1 heterocycles. The number of hydrogen-bond acceptors (Lipinski definition) is 4. The third-order valence-corrected chi connectivity index (χ3v) is 3.75. The molecule has 0 bridgehead atoms. The molecule has 20 heavy (non-hydrogen) atoms. The van der Waals surface area contributed by atoms with Crippen molar-refractivity contribution in [3.63, 3.8) is 0 Å². The SMILES string of the molecule is CC1CN(CC(O)C(N)Cc2ccccc2)CC(C)O1. The lowest BCUT2D eigenvalue weighted by Gasteiger charge is -2.37. The number of β-amino-alcohol motifs (C(OH)–C–C–N with tert-alkyl or cyclic N) is 1. The van der Waals surface area contributed by atoms with Crippen LogP contribution in [0.3, 0.4) is 0 Å². The van der Waals surface area contributed by atoms with E-state index in [1.807, 2.05) is 30.3 Å². The Morgan fingerprint density at radius 3 is 2.45 bits per heavy atom. The number of aliphatic hydroxyl groups is 1. The van der Waals surface area contributed by atoms with Gasteiger partial charge in [0.1, 0.15) is 0 Å². The highest BCUT2D eigenvalue weighted by molar-refractivity contribution is 5.16. The number of hydrogen-bond donors (Lipinski definition) is 2. The Morgan fingerprint density at radius 2 is 1.85 bits per heavy atom. The summed E-state index contributed by atoms with van der Waals surface area (Å²) in [5.41, 5.74) is 7.30. The number of benzene rings is 1. The highest BCUT2D eigenvalue weighted by Crippen LogP contribution is 2.12. The maximum atomic E-state index is 10.3. The van der Waals surface area contributed by atoms with Gasteiger partial charge in [0.2, 0.25) is 0 Å². The summed E-state index contributed by atoms with van der Waals surface area (Å²) >= 11 is 0. The minimum atomic E-state index is -0.507. The van der Waals surface area contributed by atoms with Crippen molar-refractivity contribution in [1.29, 1.82) is 0 Å². The topological polar surface area (TPSA) is 58.7 Å². The second-order valence-electron chi connectivity index (χ2n) is 5.90. The Balaban J connectivity index is 1.83. The van der Waals surface area contributed by atoms with Crippen LogP contribution in [0.1, 0.15) is 19.4 Å². The zero-order valence-electron chi connectivity index (χ0n) is 12.4. The highest BCUT2D eigenvalue weighted by atomic mass is 16.5. The van der Waals surface area contributed by atoms with Crippen LogP contribution in [-0.2, 0) is 11.2 Å². The first-order chi connectivity index (χ1) is 9.54. The molecular weight excluding hydrogens is 252 g/mol. The molecule has 2 rings (SSSR count). The lowest BCUT2D eigenvalue weighted by Crippen LogP contribution is -2.51. The lowest BCUT2D eigenvalue weighted by atomic mass is 10.0. The molecule has 0 radical (unpaired) electrons. The molecule has 4 heteroatoms. The van der Waals surface area contributed by atoms with Gasteiger partial charge in [-0.15, -0.1) is 0 Å². The van der Waals surface area contributed by atoms with Crippen molar-refractivity contribution >= 4 is 0 Å². The van der Waals surface area contributed by atoms with Crippen molar-refractivity contribution in [3.05, 3.63) is 35.9 Å². The molecule has 3 N–H and O–H groups in total. The molecule has 0 saturated carbocycles. The van der Waals surface area contributed by atoms with Crippen molar-refractivity contribution in [3.8, 4) is 0 Å². The number of morpholine rings is 1. The molecule has 0 aliphatic carbocycles. The predicted molar refractivity (Wildman–Crippen MR) is 80.6 cm³/mol. The van der Waals surface area contributed by atoms with Crippen molar-refractivity contribution in [2.75, 3.05) is 19.6 Å². The van der Waals surface area contributed by atoms with E-state index < -0.39 is 6.10 Å². The minimum absolute atomic E-state index is 0.219. The second-order valence-corrected chi connectivity index (χ2v) is 5.90. The molecule has 0 spiro atoms. The van der Waals surface area contributed by atoms with Crippen LogP contribution in [0, 0.1) is 0 Å². The molecule has 4 unspecified atom stereocenters. The third-order valence-electron chi connectivity index (χ3n) is 3.75. The third kappa shape index (κ3) is 4.56. The molecule has 0 aromatic heterocycles. The smallest absolute Gasteiger partial charge is 0.0821 e. The van der Waals surface area contributed by atoms with Gasteiger partial charge in [-0.2, -0.15) is 0 Å². The maximum absolute atomic E-state index is 10.3. The highest BCUT2D eigenvalue weighted by Gasteiger charge is 2.25. The zero-order chi connectivity index (χ0) is 14.5. The minimum Gasteiger partial charge on any atom is -0.390 e. The fourth-order valence-electron chi connectivity index (χ4n) is 2.86. The van der Waals surface area contributed by atoms with E-state index in [-0.39, 0.29) is 18.2 Å².